The topological polar surface area (TPSA) is 40.5 Å². The van der Waals surface area contributed by atoms with E-state index < -0.39 is 0 Å². The monoisotopic (exact) mass is 374 g/mol. The van der Waals surface area contributed by atoms with Gasteiger partial charge >= 0.3 is 0 Å². The second-order valence-electron chi connectivity index (χ2n) is 8.51. The van der Waals surface area contributed by atoms with Crippen LogP contribution in [-0.4, -0.2) is 10.2 Å². The molecule has 146 valence electrons. The molecule has 28 heavy (non-hydrogen) atoms. The van der Waals surface area contributed by atoms with Gasteiger partial charge in [-0.2, -0.15) is 0 Å². The van der Waals surface area contributed by atoms with Gasteiger partial charge in [0.2, 0.25) is 0 Å². The highest BCUT2D eigenvalue weighted by Crippen LogP contribution is 2.55. The predicted octanol–water partition coefficient (Wildman–Crippen LogP) is 6.44. The van der Waals surface area contributed by atoms with E-state index in [9.17, 15) is 10.2 Å². The van der Waals surface area contributed by atoms with Gasteiger partial charge in [0.15, 0.2) is 0 Å². The molecule has 0 aromatic heterocycles. The first-order chi connectivity index (χ1) is 13.5. The fourth-order valence-electron chi connectivity index (χ4n) is 5.39. The van der Waals surface area contributed by atoms with Crippen LogP contribution in [0.1, 0.15) is 60.3 Å². The number of phenols is 2. The van der Waals surface area contributed by atoms with E-state index in [0.29, 0.717) is 17.4 Å². The Balaban J connectivity index is 1.91. The van der Waals surface area contributed by atoms with Crippen molar-refractivity contribution in [3.8, 4) is 11.5 Å². The third-order valence-corrected chi connectivity index (χ3v) is 6.92. The first-order valence-electron chi connectivity index (χ1n) is 10.4. The van der Waals surface area contributed by atoms with Crippen molar-refractivity contribution in [2.24, 2.45) is 5.92 Å². The molecular formula is C26H30O2. The van der Waals surface area contributed by atoms with Crippen LogP contribution >= 0.6 is 0 Å². The molecule has 0 amide bonds. The Hall–Kier alpha value is -2.48. The van der Waals surface area contributed by atoms with Crippen LogP contribution in [0.4, 0.5) is 0 Å². The molecule has 0 fully saturated rings. The minimum absolute atomic E-state index is 0.00137. The SMILES string of the molecule is Cc1cc(C2C=CCCC2(c2ccc(O)c(C)c2)C2CC=CCC2)ccc1O. The van der Waals surface area contributed by atoms with Crippen molar-refractivity contribution >= 4 is 0 Å². The van der Waals surface area contributed by atoms with Crippen LogP contribution in [-0.2, 0) is 5.41 Å². The summed E-state index contributed by atoms with van der Waals surface area (Å²) in [5.41, 5.74) is 4.48. The third-order valence-electron chi connectivity index (χ3n) is 6.92. The van der Waals surface area contributed by atoms with Crippen LogP contribution in [0.2, 0.25) is 0 Å². The molecule has 2 nitrogen and oxygen atoms in total. The Labute approximate surface area is 168 Å². The molecule has 0 spiro atoms. The van der Waals surface area contributed by atoms with E-state index in [4.69, 9.17) is 0 Å². The number of aryl methyl sites for hydroxylation is 2. The standard InChI is InChI=1S/C26H30O2/c1-18-16-20(11-13-24(18)27)23-10-6-7-15-26(23,21-8-4-3-5-9-21)22-12-14-25(28)19(2)17-22/h3-4,6,10-14,16-17,21,23,27-28H,5,7-9,15H2,1-2H3. The average molecular weight is 375 g/mol. The molecule has 2 aromatic carbocycles. The van der Waals surface area contributed by atoms with E-state index in [-0.39, 0.29) is 11.3 Å². The fraction of sp³-hybridized carbons (Fsp3) is 0.385. The van der Waals surface area contributed by atoms with Crippen LogP contribution in [0.3, 0.4) is 0 Å². The summed E-state index contributed by atoms with van der Waals surface area (Å²) in [6.45, 7) is 3.97. The molecule has 0 saturated carbocycles. The Kier molecular flexibility index (Phi) is 5.05. The number of benzene rings is 2. The van der Waals surface area contributed by atoms with E-state index in [0.717, 1.165) is 36.8 Å². The number of rotatable bonds is 3. The molecule has 0 heterocycles. The smallest absolute Gasteiger partial charge is 0.118 e. The molecule has 4 rings (SSSR count). The van der Waals surface area contributed by atoms with Crippen molar-refractivity contribution in [1.29, 1.82) is 0 Å². The zero-order valence-electron chi connectivity index (χ0n) is 16.9. The van der Waals surface area contributed by atoms with E-state index in [2.05, 4.69) is 48.6 Å². The lowest BCUT2D eigenvalue weighted by molar-refractivity contribution is 0.200. The molecule has 0 radical (unpaired) electrons. The number of phenolic OH excluding ortho intramolecular Hbond substituents is 2. The van der Waals surface area contributed by atoms with Crippen LogP contribution < -0.4 is 0 Å². The minimum Gasteiger partial charge on any atom is -0.508 e. The second kappa shape index (κ2) is 7.50. The molecule has 0 aliphatic heterocycles. The van der Waals surface area contributed by atoms with Gasteiger partial charge in [-0.25, -0.2) is 0 Å². The summed E-state index contributed by atoms with van der Waals surface area (Å²) in [5.74, 6) is 1.55. The van der Waals surface area contributed by atoms with E-state index in [1.54, 1.807) is 0 Å². The van der Waals surface area contributed by atoms with Gasteiger partial charge in [-0.1, -0.05) is 48.6 Å². The van der Waals surface area contributed by atoms with Gasteiger partial charge < -0.3 is 10.2 Å². The number of allylic oxidation sites excluding steroid dienone is 4. The lowest BCUT2D eigenvalue weighted by Crippen LogP contribution is -2.42. The van der Waals surface area contributed by atoms with Gasteiger partial charge in [0, 0.05) is 11.3 Å². The molecule has 2 aliphatic rings. The molecule has 0 saturated heterocycles. The van der Waals surface area contributed by atoms with Gasteiger partial charge in [0.25, 0.3) is 0 Å². The van der Waals surface area contributed by atoms with Crippen molar-refractivity contribution in [3.63, 3.8) is 0 Å². The van der Waals surface area contributed by atoms with Crippen LogP contribution in [0.5, 0.6) is 11.5 Å². The summed E-state index contributed by atoms with van der Waals surface area (Å²) in [4.78, 5) is 0. The maximum atomic E-state index is 10.1. The molecule has 2 heteroatoms. The maximum Gasteiger partial charge on any atom is 0.118 e. The molecule has 0 bridgehead atoms. The maximum absolute atomic E-state index is 10.1. The highest BCUT2D eigenvalue weighted by atomic mass is 16.3. The van der Waals surface area contributed by atoms with Gasteiger partial charge in [-0.05, 0) is 86.3 Å². The summed E-state index contributed by atoms with van der Waals surface area (Å²) in [5, 5.41) is 20.2. The lowest BCUT2D eigenvalue weighted by atomic mass is 9.54. The van der Waals surface area contributed by atoms with Gasteiger partial charge in [0.1, 0.15) is 11.5 Å². The Bertz CT molecular complexity index is 924. The van der Waals surface area contributed by atoms with Crippen molar-refractivity contribution in [3.05, 3.63) is 83.0 Å². The largest absolute Gasteiger partial charge is 0.508 e. The van der Waals surface area contributed by atoms with Crippen molar-refractivity contribution in [2.75, 3.05) is 0 Å². The fourth-order valence-corrected chi connectivity index (χ4v) is 5.39. The second-order valence-corrected chi connectivity index (χ2v) is 8.51. The molecule has 3 unspecified atom stereocenters. The molecular weight excluding hydrogens is 344 g/mol. The highest BCUT2D eigenvalue weighted by molar-refractivity contribution is 5.47. The van der Waals surface area contributed by atoms with Crippen LogP contribution in [0.25, 0.3) is 0 Å². The van der Waals surface area contributed by atoms with E-state index >= 15 is 0 Å². The van der Waals surface area contributed by atoms with Crippen molar-refractivity contribution in [1.82, 2.24) is 0 Å². The van der Waals surface area contributed by atoms with Crippen LogP contribution in [0, 0.1) is 19.8 Å². The van der Waals surface area contributed by atoms with Gasteiger partial charge in [0.05, 0.1) is 0 Å². The normalized spacial score (nSPS) is 27.1. The van der Waals surface area contributed by atoms with Crippen molar-refractivity contribution in [2.45, 2.75) is 57.3 Å². The molecule has 2 N–H and O–H groups in total. The minimum atomic E-state index is 0.00137. The zero-order chi connectivity index (χ0) is 19.7. The lowest BCUT2D eigenvalue weighted by Gasteiger charge is -2.49. The average Bonchev–Trinajstić information content (AvgIpc) is 2.72. The van der Waals surface area contributed by atoms with Crippen LogP contribution in [0.15, 0.2) is 60.7 Å². The van der Waals surface area contributed by atoms with Crippen molar-refractivity contribution < 1.29 is 10.2 Å². The Morgan fingerprint density at radius 1 is 0.857 bits per heavy atom. The Morgan fingerprint density at radius 2 is 1.61 bits per heavy atom. The molecule has 2 aliphatic carbocycles. The summed E-state index contributed by atoms with van der Waals surface area (Å²) in [7, 11) is 0. The highest BCUT2D eigenvalue weighted by Gasteiger charge is 2.46. The quantitative estimate of drug-likeness (QED) is 0.607. The van der Waals surface area contributed by atoms with Gasteiger partial charge in [-0.15, -0.1) is 0 Å². The number of hydrogen-bond donors (Lipinski definition) is 2. The number of aromatic hydroxyl groups is 2. The van der Waals surface area contributed by atoms with E-state index in [1.165, 1.54) is 17.5 Å². The zero-order valence-corrected chi connectivity index (χ0v) is 16.9. The Morgan fingerprint density at radius 3 is 2.29 bits per heavy atom. The summed E-state index contributed by atoms with van der Waals surface area (Å²) in [6.07, 6.45) is 15.0. The van der Waals surface area contributed by atoms with E-state index in [1.807, 2.05) is 26.0 Å². The summed E-state index contributed by atoms with van der Waals surface area (Å²) >= 11 is 0. The van der Waals surface area contributed by atoms with Gasteiger partial charge in [-0.3, -0.25) is 0 Å². The number of hydrogen-bond acceptors (Lipinski definition) is 2. The summed E-state index contributed by atoms with van der Waals surface area (Å²) in [6, 6.07) is 12.3. The third kappa shape index (κ3) is 3.15. The first kappa shape index (κ1) is 18.9. The predicted molar refractivity (Wildman–Crippen MR) is 115 cm³/mol. The first-order valence-corrected chi connectivity index (χ1v) is 10.4. The molecule has 3 atom stereocenters. The molecule has 2 aromatic rings. The summed E-state index contributed by atoms with van der Waals surface area (Å²) < 4.78 is 0.